The number of imidazole rings is 1. The predicted molar refractivity (Wildman–Crippen MR) is 147 cm³/mol. The van der Waals surface area contributed by atoms with Crippen LogP contribution in [-0.4, -0.2) is 38.8 Å². The number of hydrogen-bond acceptors (Lipinski definition) is 4. The molecule has 1 aliphatic heterocycles. The Kier molecular flexibility index (Phi) is 5.88. The molecule has 1 atom stereocenters. The van der Waals surface area contributed by atoms with Crippen LogP contribution >= 0.6 is 0 Å². The van der Waals surface area contributed by atoms with Crippen LogP contribution in [0.15, 0.2) is 79.0 Å². The van der Waals surface area contributed by atoms with Gasteiger partial charge in [-0.05, 0) is 54.4 Å². The summed E-state index contributed by atoms with van der Waals surface area (Å²) in [6, 6.07) is 21.9. The Bertz CT molecular complexity index is 1680. The van der Waals surface area contributed by atoms with E-state index in [0.29, 0.717) is 30.3 Å². The van der Waals surface area contributed by atoms with Crippen molar-refractivity contribution in [3.63, 3.8) is 0 Å². The molecule has 190 valence electrons. The molecule has 1 unspecified atom stereocenters. The molecule has 6 rings (SSSR count). The van der Waals surface area contributed by atoms with Gasteiger partial charge < -0.3 is 15.6 Å². The van der Waals surface area contributed by atoms with Crippen molar-refractivity contribution in [3.05, 3.63) is 84.6 Å². The number of benzene rings is 3. The van der Waals surface area contributed by atoms with E-state index in [1.807, 2.05) is 53.2 Å². The fourth-order valence-corrected chi connectivity index (χ4v) is 5.11. The van der Waals surface area contributed by atoms with Gasteiger partial charge in [-0.1, -0.05) is 30.3 Å². The first kappa shape index (κ1) is 23.5. The van der Waals surface area contributed by atoms with Crippen molar-refractivity contribution in [2.45, 2.75) is 25.8 Å². The standard InChI is InChI=1S/C29H26N6O3/c1-18(36)31-20-10-12-21(13-11-20)32-27(37)16-26-28(38)34(29-33-24-8-4-5-9-25(24)35(26)29)15-14-19-17-30-23-7-3-2-6-22(19)23/h2-13,17,26,30H,14-16H2,1H3,(H,31,36)(H,32,37). The van der Waals surface area contributed by atoms with Crippen LogP contribution in [0.1, 0.15) is 24.9 Å². The summed E-state index contributed by atoms with van der Waals surface area (Å²) in [7, 11) is 0. The number of para-hydroxylation sites is 3. The van der Waals surface area contributed by atoms with Gasteiger partial charge in [0.1, 0.15) is 6.04 Å². The summed E-state index contributed by atoms with van der Waals surface area (Å²) in [4.78, 5) is 47.7. The Morgan fingerprint density at radius 3 is 2.45 bits per heavy atom. The third-order valence-corrected chi connectivity index (χ3v) is 6.83. The molecule has 0 saturated carbocycles. The van der Waals surface area contributed by atoms with E-state index in [1.54, 1.807) is 29.2 Å². The van der Waals surface area contributed by atoms with E-state index < -0.39 is 6.04 Å². The molecule has 0 saturated heterocycles. The number of carbonyl (C=O) groups excluding carboxylic acids is 3. The largest absolute Gasteiger partial charge is 0.361 e. The molecule has 0 fully saturated rings. The molecule has 9 nitrogen and oxygen atoms in total. The maximum absolute atomic E-state index is 13.7. The molecule has 3 heterocycles. The van der Waals surface area contributed by atoms with Crippen LogP contribution in [0.4, 0.5) is 17.3 Å². The minimum absolute atomic E-state index is 0.0246. The average molecular weight is 507 g/mol. The molecular weight excluding hydrogens is 480 g/mol. The lowest BCUT2D eigenvalue weighted by Gasteiger charge is -2.16. The molecule has 0 aliphatic carbocycles. The number of rotatable bonds is 7. The number of aromatic amines is 1. The molecular formula is C29H26N6O3. The Morgan fingerprint density at radius 1 is 0.947 bits per heavy atom. The molecule has 38 heavy (non-hydrogen) atoms. The fraction of sp³-hybridized carbons (Fsp3) is 0.172. The van der Waals surface area contributed by atoms with E-state index in [2.05, 4.69) is 21.7 Å². The molecule has 1 aliphatic rings. The fourth-order valence-electron chi connectivity index (χ4n) is 5.11. The molecule has 9 heteroatoms. The highest BCUT2D eigenvalue weighted by molar-refractivity contribution is 6.05. The zero-order valence-electron chi connectivity index (χ0n) is 20.8. The normalized spacial score (nSPS) is 14.7. The second-order valence-corrected chi connectivity index (χ2v) is 9.40. The van der Waals surface area contributed by atoms with Crippen LogP contribution in [-0.2, 0) is 20.8 Å². The summed E-state index contributed by atoms with van der Waals surface area (Å²) in [6.45, 7) is 1.89. The van der Waals surface area contributed by atoms with Crippen LogP contribution in [0.2, 0.25) is 0 Å². The van der Waals surface area contributed by atoms with Gasteiger partial charge in [-0.2, -0.15) is 0 Å². The van der Waals surface area contributed by atoms with Crippen molar-refractivity contribution in [3.8, 4) is 0 Å². The Balaban J connectivity index is 1.23. The van der Waals surface area contributed by atoms with Crippen LogP contribution in [0.25, 0.3) is 21.9 Å². The predicted octanol–water partition coefficient (Wildman–Crippen LogP) is 4.64. The van der Waals surface area contributed by atoms with Gasteiger partial charge in [-0.25, -0.2) is 4.98 Å². The molecule has 0 spiro atoms. The smallest absolute Gasteiger partial charge is 0.253 e. The lowest BCUT2D eigenvalue weighted by molar-refractivity contribution is -0.124. The number of anilines is 3. The Labute approximate surface area is 218 Å². The second kappa shape index (κ2) is 9.51. The van der Waals surface area contributed by atoms with Crippen molar-refractivity contribution in [2.24, 2.45) is 0 Å². The van der Waals surface area contributed by atoms with Gasteiger partial charge in [0.05, 0.1) is 17.5 Å². The Morgan fingerprint density at radius 2 is 1.66 bits per heavy atom. The summed E-state index contributed by atoms with van der Waals surface area (Å²) in [6.07, 6.45) is 2.61. The first-order valence-electron chi connectivity index (χ1n) is 12.5. The number of amides is 3. The molecule has 0 bridgehead atoms. The van der Waals surface area contributed by atoms with Crippen LogP contribution < -0.4 is 15.5 Å². The zero-order chi connectivity index (χ0) is 26.2. The molecule has 3 N–H and O–H groups in total. The monoisotopic (exact) mass is 506 g/mol. The van der Waals surface area contributed by atoms with Gasteiger partial charge in [0, 0.05) is 41.9 Å². The number of aromatic nitrogens is 3. The molecule has 3 amide bonds. The number of nitrogens with one attached hydrogen (secondary N) is 3. The van der Waals surface area contributed by atoms with Crippen molar-refractivity contribution in [1.82, 2.24) is 14.5 Å². The van der Waals surface area contributed by atoms with Gasteiger partial charge in [0.15, 0.2) is 0 Å². The summed E-state index contributed by atoms with van der Waals surface area (Å²) in [5.74, 6) is -0.0280. The maximum Gasteiger partial charge on any atom is 0.253 e. The number of fused-ring (bicyclic) bond motifs is 4. The highest BCUT2D eigenvalue weighted by atomic mass is 16.2. The van der Waals surface area contributed by atoms with Crippen molar-refractivity contribution in [2.75, 3.05) is 22.1 Å². The van der Waals surface area contributed by atoms with Crippen molar-refractivity contribution >= 4 is 57.0 Å². The van der Waals surface area contributed by atoms with E-state index >= 15 is 0 Å². The quantitative estimate of drug-likeness (QED) is 0.299. The molecule has 3 aromatic carbocycles. The van der Waals surface area contributed by atoms with Crippen molar-refractivity contribution < 1.29 is 14.4 Å². The summed E-state index contributed by atoms with van der Waals surface area (Å²) in [5.41, 5.74) is 5.01. The molecule has 2 aromatic heterocycles. The first-order chi connectivity index (χ1) is 18.5. The van der Waals surface area contributed by atoms with E-state index in [0.717, 1.165) is 27.5 Å². The van der Waals surface area contributed by atoms with Gasteiger partial charge >= 0.3 is 0 Å². The summed E-state index contributed by atoms with van der Waals surface area (Å²) in [5, 5.41) is 6.70. The average Bonchev–Trinajstić information content (AvgIpc) is 3.56. The van der Waals surface area contributed by atoms with Crippen LogP contribution in [0.5, 0.6) is 0 Å². The first-order valence-corrected chi connectivity index (χ1v) is 12.5. The van der Waals surface area contributed by atoms with E-state index in [4.69, 9.17) is 4.98 Å². The second-order valence-electron chi connectivity index (χ2n) is 9.40. The third kappa shape index (κ3) is 4.28. The highest BCUT2D eigenvalue weighted by Crippen LogP contribution is 2.37. The summed E-state index contributed by atoms with van der Waals surface area (Å²) < 4.78 is 1.88. The number of H-pyrrole nitrogens is 1. The number of hydrogen-bond donors (Lipinski definition) is 3. The minimum atomic E-state index is -0.695. The van der Waals surface area contributed by atoms with Crippen molar-refractivity contribution in [1.29, 1.82) is 0 Å². The molecule has 0 radical (unpaired) electrons. The third-order valence-electron chi connectivity index (χ3n) is 6.83. The summed E-state index contributed by atoms with van der Waals surface area (Å²) >= 11 is 0. The minimum Gasteiger partial charge on any atom is -0.361 e. The van der Waals surface area contributed by atoms with E-state index in [-0.39, 0.29) is 24.1 Å². The zero-order valence-corrected chi connectivity index (χ0v) is 20.8. The number of carbonyl (C=O) groups is 3. The van der Waals surface area contributed by atoms with E-state index in [9.17, 15) is 14.4 Å². The maximum atomic E-state index is 13.7. The lowest BCUT2D eigenvalue weighted by Crippen LogP contribution is -2.33. The molecule has 5 aromatic rings. The van der Waals surface area contributed by atoms with Gasteiger partial charge in [-0.3, -0.25) is 23.9 Å². The highest BCUT2D eigenvalue weighted by Gasteiger charge is 2.40. The van der Waals surface area contributed by atoms with Gasteiger partial charge in [0.2, 0.25) is 17.8 Å². The van der Waals surface area contributed by atoms with E-state index in [1.165, 1.54) is 6.92 Å². The van der Waals surface area contributed by atoms with Gasteiger partial charge in [-0.15, -0.1) is 0 Å². The van der Waals surface area contributed by atoms with Crippen LogP contribution in [0.3, 0.4) is 0 Å². The number of nitrogens with zero attached hydrogens (tertiary/aromatic N) is 3. The van der Waals surface area contributed by atoms with Gasteiger partial charge in [0.25, 0.3) is 5.91 Å². The van der Waals surface area contributed by atoms with Crippen LogP contribution in [0, 0.1) is 0 Å². The Hall–Kier alpha value is -4.92. The topological polar surface area (TPSA) is 112 Å². The SMILES string of the molecule is CC(=O)Nc1ccc(NC(=O)CC2C(=O)N(CCc3c[nH]c4ccccc34)c3nc4ccccc4n32)cc1. The lowest BCUT2D eigenvalue weighted by atomic mass is 10.1.